The third-order valence-corrected chi connectivity index (χ3v) is 6.42. The van der Waals surface area contributed by atoms with Crippen LogP contribution in [0.4, 0.5) is 0 Å². The van der Waals surface area contributed by atoms with Gasteiger partial charge in [-0.2, -0.15) is 0 Å². The van der Waals surface area contributed by atoms with Crippen LogP contribution in [0.2, 0.25) is 0 Å². The number of ether oxygens (including phenoxy) is 1. The minimum atomic E-state index is -0.394. The van der Waals surface area contributed by atoms with Gasteiger partial charge in [-0.1, -0.05) is 50.2 Å². The highest BCUT2D eigenvalue weighted by Crippen LogP contribution is 2.38. The molecule has 1 heterocycles. The van der Waals surface area contributed by atoms with Crippen molar-refractivity contribution in [3.05, 3.63) is 82.1 Å². The zero-order valence-corrected chi connectivity index (χ0v) is 21.4. The largest absolute Gasteiger partial charge is 0.463 e. The number of hydrogen-bond acceptors (Lipinski definition) is 4. The highest BCUT2D eigenvalue weighted by atomic mass is 16.5. The Morgan fingerprint density at radius 1 is 1.11 bits per heavy atom. The molecule has 1 atom stereocenters. The van der Waals surface area contributed by atoms with E-state index in [-0.39, 0.29) is 37.3 Å². The Morgan fingerprint density at radius 3 is 2.54 bits per heavy atom. The summed E-state index contributed by atoms with van der Waals surface area (Å²) in [7, 11) is 0. The third-order valence-electron chi connectivity index (χ3n) is 6.42. The van der Waals surface area contributed by atoms with Crippen LogP contribution < -0.4 is 5.32 Å². The van der Waals surface area contributed by atoms with Gasteiger partial charge in [-0.25, -0.2) is 4.79 Å². The predicted octanol–water partition coefficient (Wildman–Crippen LogP) is 5.12. The molecule has 0 saturated heterocycles. The summed E-state index contributed by atoms with van der Waals surface area (Å²) in [5.74, 6) is -0.420. The molecule has 1 aliphatic rings. The summed E-state index contributed by atoms with van der Waals surface area (Å²) in [6, 6.07) is 15.1. The monoisotopic (exact) mass is 476 g/mol. The topological polar surface area (TPSA) is 75.7 Å². The second-order valence-corrected chi connectivity index (χ2v) is 9.45. The minimum absolute atomic E-state index is 0.0596. The van der Waals surface area contributed by atoms with Gasteiger partial charge >= 0.3 is 5.97 Å². The van der Waals surface area contributed by atoms with Crippen LogP contribution >= 0.6 is 0 Å². The number of allylic oxidation sites excluding steroid dienone is 1. The van der Waals surface area contributed by atoms with Crippen molar-refractivity contribution in [2.24, 2.45) is 5.92 Å². The average Bonchev–Trinajstić information content (AvgIpc) is 2.81. The second-order valence-electron chi connectivity index (χ2n) is 9.45. The maximum Gasteiger partial charge on any atom is 0.336 e. The molecule has 6 heteroatoms. The first-order valence-corrected chi connectivity index (χ1v) is 12.3. The van der Waals surface area contributed by atoms with Gasteiger partial charge in [0.05, 0.1) is 18.7 Å². The summed E-state index contributed by atoms with van der Waals surface area (Å²) in [5.41, 5.74) is 4.49. The lowest BCUT2D eigenvalue weighted by molar-refractivity contribution is -0.140. The molecule has 3 rings (SSSR count). The van der Waals surface area contributed by atoms with Crippen molar-refractivity contribution in [3.63, 3.8) is 0 Å². The average molecular weight is 477 g/mol. The molecule has 0 fully saturated rings. The van der Waals surface area contributed by atoms with Crippen molar-refractivity contribution in [3.8, 4) is 0 Å². The van der Waals surface area contributed by atoms with E-state index in [1.807, 2.05) is 49.4 Å². The molecular weight excluding hydrogens is 440 g/mol. The molecule has 0 aliphatic carbocycles. The van der Waals surface area contributed by atoms with Crippen molar-refractivity contribution in [2.75, 3.05) is 13.2 Å². The zero-order chi connectivity index (χ0) is 25.5. The van der Waals surface area contributed by atoms with E-state index in [0.29, 0.717) is 29.3 Å². The van der Waals surface area contributed by atoms with Crippen LogP contribution in [-0.4, -0.2) is 35.8 Å². The summed E-state index contributed by atoms with van der Waals surface area (Å²) >= 11 is 0. The van der Waals surface area contributed by atoms with Gasteiger partial charge in [-0.15, -0.1) is 0 Å². The number of amides is 2. The van der Waals surface area contributed by atoms with Crippen molar-refractivity contribution in [1.82, 2.24) is 10.2 Å². The Bertz CT molecular complexity index is 1120. The third kappa shape index (κ3) is 6.38. The summed E-state index contributed by atoms with van der Waals surface area (Å²) in [4.78, 5) is 40.6. The number of nitrogens with one attached hydrogen (secondary N) is 1. The number of esters is 1. The Balaban J connectivity index is 1.90. The fraction of sp³-hybridized carbons (Fsp3) is 0.414. The van der Waals surface area contributed by atoms with E-state index in [9.17, 15) is 14.4 Å². The summed E-state index contributed by atoms with van der Waals surface area (Å²) in [6.45, 7) is 11.0. The Morgan fingerprint density at radius 2 is 1.86 bits per heavy atom. The van der Waals surface area contributed by atoms with E-state index < -0.39 is 5.97 Å². The SMILES string of the molecule is CCOC(=O)C1=C(C)N(Cc2cccc(C(=O)NCCC(C)C)c2)C(=O)C[C@@H]1c1ccccc1C. The number of hydrogen-bond donors (Lipinski definition) is 1. The molecule has 2 aromatic carbocycles. The molecule has 186 valence electrons. The molecule has 1 aliphatic heterocycles. The highest BCUT2D eigenvalue weighted by Gasteiger charge is 2.37. The summed E-state index contributed by atoms with van der Waals surface area (Å²) in [6.07, 6.45) is 1.10. The number of benzene rings is 2. The van der Waals surface area contributed by atoms with Gasteiger partial charge in [0.15, 0.2) is 0 Å². The molecule has 0 bridgehead atoms. The van der Waals surface area contributed by atoms with Crippen LogP contribution in [0.15, 0.2) is 59.8 Å². The maximum atomic E-state index is 13.3. The number of carbonyl (C=O) groups excluding carboxylic acids is 3. The molecule has 0 aromatic heterocycles. The van der Waals surface area contributed by atoms with E-state index in [2.05, 4.69) is 19.2 Å². The van der Waals surface area contributed by atoms with Gasteiger partial charge in [-0.05, 0) is 61.9 Å². The molecule has 2 aromatic rings. The molecule has 6 nitrogen and oxygen atoms in total. The highest BCUT2D eigenvalue weighted by molar-refractivity contribution is 5.96. The molecule has 0 unspecified atom stereocenters. The van der Waals surface area contributed by atoms with Gasteiger partial charge in [0.25, 0.3) is 5.91 Å². The second kappa shape index (κ2) is 11.8. The molecule has 0 saturated carbocycles. The van der Waals surface area contributed by atoms with Crippen molar-refractivity contribution >= 4 is 17.8 Å². The predicted molar refractivity (Wildman–Crippen MR) is 137 cm³/mol. The van der Waals surface area contributed by atoms with Gasteiger partial charge in [-0.3, -0.25) is 9.59 Å². The molecule has 0 radical (unpaired) electrons. The van der Waals surface area contributed by atoms with Crippen LogP contribution in [0.3, 0.4) is 0 Å². The van der Waals surface area contributed by atoms with E-state index in [4.69, 9.17) is 4.74 Å². The lowest BCUT2D eigenvalue weighted by atomic mass is 9.81. The van der Waals surface area contributed by atoms with Gasteiger partial charge in [0.2, 0.25) is 5.91 Å². The summed E-state index contributed by atoms with van der Waals surface area (Å²) in [5, 5.41) is 2.95. The number of aryl methyl sites for hydroxylation is 1. The molecule has 0 spiro atoms. The lowest BCUT2D eigenvalue weighted by Gasteiger charge is -2.35. The van der Waals surface area contributed by atoms with Crippen molar-refractivity contribution in [2.45, 2.75) is 59.9 Å². The normalized spacial score (nSPS) is 16.0. The number of rotatable bonds is 9. The Kier molecular flexibility index (Phi) is 8.85. The van der Waals surface area contributed by atoms with E-state index in [0.717, 1.165) is 23.1 Å². The van der Waals surface area contributed by atoms with E-state index in [1.165, 1.54) is 0 Å². The van der Waals surface area contributed by atoms with Crippen LogP contribution in [0.5, 0.6) is 0 Å². The van der Waals surface area contributed by atoms with Crippen LogP contribution in [0.1, 0.15) is 73.5 Å². The molecule has 2 amide bonds. The summed E-state index contributed by atoms with van der Waals surface area (Å²) < 4.78 is 5.39. The first-order valence-electron chi connectivity index (χ1n) is 12.3. The fourth-order valence-electron chi connectivity index (χ4n) is 4.49. The van der Waals surface area contributed by atoms with Crippen LogP contribution in [0, 0.1) is 12.8 Å². The molecular formula is C29H36N2O4. The molecule has 35 heavy (non-hydrogen) atoms. The van der Waals surface area contributed by atoms with Gasteiger partial charge in [0, 0.05) is 30.1 Å². The lowest BCUT2D eigenvalue weighted by Crippen LogP contribution is -2.38. The van der Waals surface area contributed by atoms with Crippen molar-refractivity contribution in [1.29, 1.82) is 0 Å². The van der Waals surface area contributed by atoms with Crippen molar-refractivity contribution < 1.29 is 19.1 Å². The van der Waals surface area contributed by atoms with E-state index in [1.54, 1.807) is 24.8 Å². The van der Waals surface area contributed by atoms with Crippen LogP contribution in [-0.2, 0) is 20.9 Å². The standard InChI is InChI=1S/C29H36N2O4/c1-6-35-29(34)27-21(5)31(26(32)17-25(27)24-13-8-7-10-20(24)4)18-22-11-9-12-23(16-22)28(33)30-15-14-19(2)3/h7-13,16,19,25H,6,14-15,17-18H2,1-5H3,(H,30,33)/t25-/m1/s1. The smallest absolute Gasteiger partial charge is 0.336 e. The Hall–Kier alpha value is -3.41. The fourth-order valence-corrected chi connectivity index (χ4v) is 4.49. The van der Waals surface area contributed by atoms with Gasteiger partial charge < -0.3 is 15.0 Å². The first-order chi connectivity index (χ1) is 16.7. The maximum absolute atomic E-state index is 13.3. The Labute approximate surface area is 208 Å². The van der Waals surface area contributed by atoms with Crippen LogP contribution in [0.25, 0.3) is 0 Å². The molecule has 1 N–H and O–H groups in total. The minimum Gasteiger partial charge on any atom is -0.463 e. The number of nitrogens with zero attached hydrogens (tertiary/aromatic N) is 1. The zero-order valence-electron chi connectivity index (χ0n) is 21.4. The quantitative estimate of drug-likeness (QED) is 0.510. The first kappa shape index (κ1) is 26.2. The van der Waals surface area contributed by atoms with Gasteiger partial charge in [0.1, 0.15) is 0 Å². The van der Waals surface area contributed by atoms with E-state index >= 15 is 0 Å². The number of carbonyl (C=O) groups is 3.